The summed E-state index contributed by atoms with van der Waals surface area (Å²) in [5, 5.41) is 2.99. The first kappa shape index (κ1) is 21.8. The Morgan fingerprint density at radius 3 is 2.53 bits per heavy atom. The van der Waals surface area contributed by atoms with Gasteiger partial charge in [-0.2, -0.15) is 0 Å². The number of aromatic nitrogens is 1. The van der Waals surface area contributed by atoms with Gasteiger partial charge in [-0.25, -0.2) is 9.37 Å². The Labute approximate surface area is 190 Å². The lowest BCUT2D eigenvalue weighted by molar-refractivity contribution is -0.118. The van der Waals surface area contributed by atoms with Crippen LogP contribution in [0.1, 0.15) is 26.3 Å². The van der Waals surface area contributed by atoms with Crippen LogP contribution >= 0.6 is 11.6 Å². The monoisotopic (exact) mass is 452 g/mol. The molecule has 0 aliphatic carbocycles. The van der Waals surface area contributed by atoms with Gasteiger partial charge in [0.2, 0.25) is 5.89 Å². The number of nitrogens with one attached hydrogen (secondary N) is 1. The zero-order valence-electron chi connectivity index (χ0n) is 17.9. The Kier molecular flexibility index (Phi) is 5.89. The first-order valence-electron chi connectivity index (χ1n) is 10.1. The number of carbonyl (C=O) groups excluding carboxylic acids is 1. The van der Waals surface area contributed by atoms with Crippen molar-refractivity contribution in [2.45, 2.75) is 26.2 Å². The molecule has 0 saturated heterocycles. The highest BCUT2D eigenvalue weighted by molar-refractivity contribution is 6.33. The molecule has 0 aliphatic heterocycles. The molecule has 0 bridgehead atoms. The van der Waals surface area contributed by atoms with Crippen LogP contribution in [0.5, 0.6) is 5.75 Å². The number of hydrogen-bond donors (Lipinski definition) is 1. The first-order chi connectivity index (χ1) is 15.2. The summed E-state index contributed by atoms with van der Waals surface area (Å²) >= 11 is 6.10. The summed E-state index contributed by atoms with van der Waals surface area (Å²) < 4.78 is 24.6. The van der Waals surface area contributed by atoms with Crippen molar-refractivity contribution in [2.75, 3.05) is 11.9 Å². The molecular weight excluding hydrogens is 431 g/mol. The Morgan fingerprint density at radius 1 is 1.09 bits per heavy atom. The number of hydrogen-bond acceptors (Lipinski definition) is 4. The molecule has 32 heavy (non-hydrogen) atoms. The van der Waals surface area contributed by atoms with Crippen LogP contribution in [0.25, 0.3) is 22.6 Å². The third kappa shape index (κ3) is 4.92. The summed E-state index contributed by atoms with van der Waals surface area (Å²) in [5.74, 6) is 0.165. The predicted molar refractivity (Wildman–Crippen MR) is 124 cm³/mol. The van der Waals surface area contributed by atoms with E-state index >= 15 is 0 Å². The van der Waals surface area contributed by atoms with Crippen LogP contribution in [0.3, 0.4) is 0 Å². The van der Waals surface area contributed by atoms with Crippen molar-refractivity contribution in [3.8, 4) is 17.2 Å². The molecule has 7 heteroatoms. The van der Waals surface area contributed by atoms with Gasteiger partial charge in [-0.1, -0.05) is 44.5 Å². The van der Waals surface area contributed by atoms with Crippen molar-refractivity contribution in [1.29, 1.82) is 0 Å². The normalized spacial score (nSPS) is 11.5. The molecule has 0 fully saturated rings. The minimum Gasteiger partial charge on any atom is -0.484 e. The van der Waals surface area contributed by atoms with Crippen molar-refractivity contribution in [1.82, 2.24) is 4.98 Å². The Hall–Kier alpha value is -3.38. The molecular formula is C25H22ClFN2O3. The Balaban J connectivity index is 1.42. The highest BCUT2D eigenvalue weighted by Gasteiger charge is 2.15. The van der Waals surface area contributed by atoms with E-state index in [0.29, 0.717) is 28.1 Å². The van der Waals surface area contributed by atoms with E-state index in [0.717, 1.165) is 0 Å². The van der Waals surface area contributed by atoms with E-state index in [1.54, 1.807) is 18.2 Å². The number of oxazole rings is 1. The van der Waals surface area contributed by atoms with Crippen LogP contribution in [0.2, 0.25) is 5.02 Å². The molecule has 0 radical (unpaired) electrons. The molecule has 1 N–H and O–H groups in total. The topological polar surface area (TPSA) is 64.4 Å². The fraction of sp³-hybridized carbons (Fsp3) is 0.200. The molecule has 1 amide bonds. The summed E-state index contributed by atoms with van der Waals surface area (Å²) in [4.78, 5) is 16.7. The van der Waals surface area contributed by atoms with E-state index < -0.39 is 5.82 Å². The molecule has 5 nitrogen and oxygen atoms in total. The third-order valence-electron chi connectivity index (χ3n) is 4.92. The van der Waals surface area contributed by atoms with E-state index in [2.05, 4.69) is 31.1 Å². The molecule has 3 aromatic carbocycles. The van der Waals surface area contributed by atoms with Crippen molar-refractivity contribution in [3.63, 3.8) is 0 Å². The van der Waals surface area contributed by atoms with Crippen molar-refractivity contribution in [3.05, 3.63) is 77.1 Å². The number of anilines is 1. The van der Waals surface area contributed by atoms with Crippen LogP contribution < -0.4 is 10.1 Å². The SMILES string of the molecule is CC(C)(C)c1ccc(OCC(=O)Nc2ccc3oc(-c4ccc(F)cc4Cl)nc3c2)cc1. The summed E-state index contributed by atoms with van der Waals surface area (Å²) in [6.45, 7) is 6.29. The average Bonchev–Trinajstić information content (AvgIpc) is 3.15. The van der Waals surface area contributed by atoms with Gasteiger partial charge in [0, 0.05) is 5.69 Å². The Morgan fingerprint density at radius 2 is 1.84 bits per heavy atom. The molecule has 1 heterocycles. The van der Waals surface area contributed by atoms with E-state index in [1.807, 2.05) is 24.3 Å². The van der Waals surface area contributed by atoms with Gasteiger partial charge in [0.15, 0.2) is 12.2 Å². The lowest BCUT2D eigenvalue weighted by Crippen LogP contribution is -2.20. The van der Waals surface area contributed by atoms with E-state index in [1.165, 1.54) is 23.8 Å². The quantitative estimate of drug-likeness (QED) is 0.370. The second-order valence-corrected chi connectivity index (χ2v) is 8.84. The molecule has 0 unspecified atom stereocenters. The summed E-state index contributed by atoms with van der Waals surface area (Å²) in [7, 11) is 0. The number of benzene rings is 3. The van der Waals surface area contributed by atoms with Crippen molar-refractivity contribution in [2.24, 2.45) is 0 Å². The average molecular weight is 453 g/mol. The Bertz CT molecular complexity index is 1280. The van der Waals surface area contributed by atoms with Crippen LogP contribution in [-0.2, 0) is 10.2 Å². The van der Waals surface area contributed by atoms with Crippen molar-refractivity contribution < 1.29 is 18.3 Å². The summed E-state index contributed by atoms with van der Waals surface area (Å²) in [5.41, 5.74) is 3.35. The summed E-state index contributed by atoms with van der Waals surface area (Å²) in [6.07, 6.45) is 0. The molecule has 4 aromatic rings. The molecule has 4 rings (SSSR count). The van der Waals surface area contributed by atoms with E-state index in [4.69, 9.17) is 20.8 Å². The standard InChI is InChI=1S/C25H22ClFN2O3/c1-25(2,3)15-4-8-18(9-5-15)31-14-23(30)28-17-7-11-22-21(13-17)29-24(32-22)19-10-6-16(27)12-20(19)26/h4-13H,14H2,1-3H3,(H,28,30). The number of rotatable bonds is 5. The van der Waals surface area contributed by atoms with Gasteiger partial charge < -0.3 is 14.5 Å². The second kappa shape index (κ2) is 8.63. The lowest BCUT2D eigenvalue weighted by Gasteiger charge is -2.19. The number of ether oxygens (including phenoxy) is 1. The van der Waals surface area contributed by atoms with Gasteiger partial charge >= 0.3 is 0 Å². The minimum absolute atomic E-state index is 0.0531. The van der Waals surface area contributed by atoms with Crippen LogP contribution in [0, 0.1) is 5.82 Å². The van der Waals surface area contributed by atoms with Gasteiger partial charge in [-0.15, -0.1) is 0 Å². The van der Waals surface area contributed by atoms with Gasteiger partial charge in [0.1, 0.15) is 17.1 Å². The molecule has 164 valence electrons. The van der Waals surface area contributed by atoms with Gasteiger partial charge in [-0.05, 0) is 59.5 Å². The first-order valence-corrected chi connectivity index (χ1v) is 10.5. The lowest BCUT2D eigenvalue weighted by atomic mass is 9.87. The number of carbonyl (C=O) groups is 1. The molecule has 0 atom stereocenters. The second-order valence-electron chi connectivity index (χ2n) is 8.44. The maximum atomic E-state index is 13.3. The highest BCUT2D eigenvalue weighted by atomic mass is 35.5. The molecule has 0 saturated carbocycles. The number of amides is 1. The van der Waals surface area contributed by atoms with Crippen LogP contribution in [-0.4, -0.2) is 17.5 Å². The zero-order valence-corrected chi connectivity index (χ0v) is 18.7. The fourth-order valence-electron chi connectivity index (χ4n) is 3.18. The van der Waals surface area contributed by atoms with Gasteiger partial charge in [0.05, 0.1) is 10.6 Å². The minimum atomic E-state index is -0.438. The molecule has 0 spiro atoms. The maximum absolute atomic E-state index is 13.3. The zero-order chi connectivity index (χ0) is 22.9. The van der Waals surface area contributed by atoms with Crippen LogP contribution in [0.15, 0.2) is 65.1 Å². The van der Waals surface area contributed by atoms with E-state index in [-0.39, 0.29) is 28.8 Å². The molecule has 0 aliphatic rings. The van der Waals surface area contributed by atoms with Gasteiger partial charge in [-0.3, -0.25) is 4.79 Å². The predicted octanol–water partition coefficient (Wildman–Crippen LogP) is 6.60. The number of nitrogens with zero attached hydrogens (tertiary/aromatic N) is 1. The smallest absolute Gasteiger partial charge is 0.262 e. The summed E-state index contributed by atoms with van der Waals surface area (Å²) in [6, 6.07) is 16.8. The number of fused-ring (bicyclic) bond motifs is 1. The van der Waals surface area contributed by atoms with Crippen LogP contribution in [0.4, 0.5) is 10.1 Å². The third-order valence-corrected chi connectivity index (χ3v) is 5.24. The number of halogens is 2. The largest absolute Gasteiger partial charge is 0.484 e. The van der Waals surface area contributed by atoms with Crippen molar-refractivity contribution >= 4 is 34.3 Å². The molecule has 1 aromatic heterocycles. The van der Waals surface area contributed by atoms with Gasteiger partial charge in [0.25, 0.3) is 5.91 Å². The maximum Gasteiger partial charge on any atom is 0.262 e. The van der Waals surface area contributed by atoms with E-state index in [9.17, 15) is 9.18 Å². The fourth-order valence-corrected chi connectivity index (χ4v) is 3.43. The highest BCUT2D eigenvalue weighted by Crippen LogP contribution is 2.31.